The fourth-order valence-electron chi connectivity index (χ4n) is 1.94. The predicted octanol–water partition coefficient (Wildman–Crippen LogP) is 5.27. The van der Waals surface area contributed by atoms with Gasteiger partial charge in [-0.2, -0.15) is 0 Å². The van der Waals surface area contributed by atoms with Crippen LogP contribution in [-0.4, -0.2) is 12.5 Å². The number of ether oxygens (including phenoxy) is 1. The maximum Gasteiger partial charge on any atom is 0.259 e. The lowest BCUT2D eigenvalue weighted by atomic mass is 10.1. The van der Waals surface area contributed by atoms with Crippen LogP contribution >= 0.6 is 15.9 Å². The number of hydrogen-bond donors (Lipinski definition) is 1. The minimum atomic E-state index is -0.344. The zero-order valence-electron chi connectivity index (χ0n) is 13.1. The van der Waals surface area contributed by atoms with Crippen molar-refractivity contribution in [1.82, 2.24) is 0 Å². The van der Waals surface area contributed by atoms with E-state index < -0.39 is 0 Å². The summed E-state index contributed by atoms with van der Waals surface area (Å²) in [7, 11) is 0. The Hall–Kier alpha value is -1.88. The van der Waals surface area contributed by atoms with E-state index in [9.17, 15) is 9.18 Å². The Balaban J connectivity index is 2.14. The van der Waals surface area contributed by atoms with Gasteiger partial charge in [-0.15, -0.1) is 0 Å². The molecular formula is C18H19BrFNO2. The van der Waals surface area contributed by atoms with Crippen molar-refractivity contribution in [2.75, 3.05) is 11.9 Å². The normalized spacial score (nSPS) is 10.7. The summed E-state index contributed by atoms with van der Waals surface area (Å²) in [5, 5.41) is 2.75. The van der Waals surface area contributed by atoms with Crippen molar-refractivity contribution < 1.29 is 13.9 Å². The second kappa shape index (κ2) is 8.11. The first-order chi connectivity index (χ1) is 11.0. The van der Waals surface area contributed by atoms with Crippen molar-refractivity contribution in [3.63, 3.8) is 0 Å². The molecule has 5 heteroatoms. The molecule has 23 heavy (non-hydrogen) atoms. The molecule has 0 heterocycles. The van der Waals surface area contributed by atoms with Crippen LogP contribution in [0.3, 0.4) is 0 Å². The number of rotatable bonds is 6. The van der Waals surface area contributed by atoms with Crippen LogP contribution in [0.4, 0.5) is 10.1 Å². The van der Waals surface area contributed by atoms with E-state index in [-0.39, 0.29) is 11.7 Å². The van der Waals surface area contributed by atoms with Crippen LogP contribution in [0.2, 0.25) is 0 Å². The Morgan fingerprint density at radius 3 is 2.57 bits per heavy atom. The molecule has 122 valence electrons. The number of hydrogen-bond acceptors (Lipinski definition) is 2. The second-order valence-electron chi connectivity index (χ2n) is 5.63. The van der Waals surface area contributed by atoms with E-state index in [1.807, 2.05) is 6.07 Å². The molecule has 0 radical (unpaired) electrons. The smallest absolute Gasteiger partial charge is 0.259 e. The van der Waals surface area contributed by atoms with Gasteiger partial charge in [0, 0.05) is 10.2 Å². The van der Waals surface area contributed by atoms with Gasteiger partial charge in [-0.3, -0.25) is 4.79 Å². The molecule has 0 aliphatic heterocycles. The fourth-order valence-corrected chi connectivity index (χ4v) is 2.30. The summed E-state index contributed by atoms with van der Waals surface area (Å²) in [5.41, 5.74) is 0.969. The summed E-state index contributed by atoms with van der Waals surface area (Å²) in [6.45, 7) is 4.79. The predicted molar refractivity (Wildman–Crippen MR) is 93.4 cm³/mol. The standard InChI is InChI=1S/C18H19BrFNO2/c1-12(2)9-10-23-17-8-3-13(19)11-16(17)18(22)21-15-6-4-14(20)5-7-15/h3-8,11-12H,9-10H2,1-2H3,(H,21,22). The lowest BCUT2D eigenvalue weighted by Crippen LogP contribution is -2.14. The summed E-state index contributed by atoms with van der Waals surface area (Å²) in [6.07, 6.45) is 0.912. The van der Waals surface area contributed by atoms with Crippen molar-refractivity contribution in [1.29, 1.82) is 0 Å². The Morgan fingerprint density at radius 2 is 1.91 bits per heavy atom. The number of nitrogens with one attached hydrogen (secondary N) is 1. The number of amides is 1. The summed E-state index contributed by atoms with van der Waals surface area (Å²) < 4.78 is 19.5. The molecule has 2 rings (SSSR count). The van der Waals surface area contributed by atoms with Gasteiger partial charge >= 0.3 is 0 Å². The third-order valence-corrected chi connectivity index (χ3v) is 3.73. The molecule has 2 aromatic carbocycles. The van der Waals surface area contributed by atoms with Crippen molar-refractivity contribution in [2.45, 2.75) is 20.3 Å². The highest BCUT2D eigenvalue weighted by Gasteiger charge is 2.14. The molecule has 0 aliphatic rings. The molecule has 0 aromatic heterocycles. The molecule has 0 spiro atoms. The third-order valence-electron chi connectivity index (χ3n) is 3.24. The molecule has 0 fully saturated rings. The number of benzene rings is 2. The van der Waals surface area contributed by atoms with Crippen molar-refractivity contribution in [3.8, 4) is 5.75 Å². The Kier molecular flexibility index (Phi) is 6.16. The maximum absolute atomic E-state index is 12.9. The quantitative estimate of drug-likeness (QED) is 0.742. The highest BCUT2D eigenvalue weighted by atomic mass is 79.9. The highest BCUT2D eigenvalue weighted by molar-refractivity contribution is 9.10. The minimum absolute atomic E-state index is 0.294. The Labute approximate surface area is 144 Å². The van der Waals surface area contributed by atoms with Gasteiger partial charge in [-0.05, 0) is 54.8 Å². The lowest BCUT2D eigenvalue weighted by molar-refractivity contribution is 0.102. The molecule has 0 bridgehead atoms. The van der Waals surface area contributed by atoms with Crippen LogP contribution in [-0.2, 0) is 0 Å². The first-order valence-corrected chi connectivity index (χ1v) is 8.24. The van der Waals surface area contributed by atoms with E-state index in [1.165, 1.54) is 24.3 Å². The molecule has 0 saturated heterocycles. The van der Waals surface area contributed by atoms with Crippen LogP contribution in [0, 0.1) is 11.7 Å². The third kappa shape index (κ3) is 5.36. The molecule has 3 nitrogen and oxygen atoms in total. The van der Waals surface area contributed by atoms with E-state index in [4.69, 9.17) is 4.74 Å². The number of carbonyl (C=O) groups is 1. The van der Waals surface area contributed by atoms with Crippen molar-refractivity contribution in [2.24, 2.45) is 5.92 Å². The van der Waals surface area contributed by atoms with E-state index in [1.54, 1.807) is 12.1 Å². The lowest BCUT2D eigenvalue weighted by Gasteiger charge is -2.13. The van der Waals surface area contributed by atoms with Crippen LogP contribution in [0.5, 0.6) is 5.75 Å². The molecular weight excluding hydrogens is 361 g/mol. The molecule has 0 saturated carbocycles. The van der Waals surface area contributed by atoms with Gasteiger partial charge < -0.3 is 10.1 Å². The molecule has 0 aliphatic carbocycles. The summed E-state index contributed by atoms with van der Waals surface area (Å²) in [4.78, 5) is 12.5. The first-order valence-electron chi connectivity index (χ1n) is 7.45. The monoisotopic (exact) mass is 379 g/mol. The summed E-state index contributed by atoms with van der Waals surface area (Å²) in [5.74, 6) is 0.427. The van der Waals surface area contributed by atoms with Gasteiger partial charge in [-0.1, -0.05) is 29.8 Å². The van der Waals surface area contributed by atoms with Gasteiger partial charge in [0.2, 0.25) is 0 Å². The topological polar surface area (TPSA) is 38.3 Å². The van der Waals surface area contributed by atoms with Gasteiger partial charge in [0.25, 0.3) is 5.91 Å². The molecule has 1 N–H and O–H groups in total. The van der Waals surface area contributed by atoms with Crippen molar-refractivity contribution >= 4 is 27.5 Å². The van der Waals surface area contributed by atoms with E-state index in [0.717, 1.165) is 10.9 Å². The number of carbonyl (C=O) groups excluding carboxylic acids is 1. The zero-order chi connectivity index (χ0) is 16.8. The molecule has 0 atom stereocenters. The van der Waals surface area contributed by atoms with E-state index >= 15 is 0 Å². The van der Waals surface area contributed by atoms with Gasteiger partial charge in [0.1, 0.15) is 11.6 Å². The van der Waals surface area contributed by atoms with Crippen LogP contribution in [0.1, 0.15) is 30.6 Å². The van der Waals surface area contributed by atoms with Gasteiger partial charge in [0.05, 0.1) is 12.2 Å². The Morgan fingerprint density at radius 1 is 1.22 bits per heavy atom. The largest absolute Gasteiger partial charge is 0.493 e. The first kappa shape index (κ1) is 17.5. The van der Waals surface area contributed by atoms with Crippen LogP contribution < -0.4 is 10.1 Å². The van der Waals surface area contributed by atoms with Crippen molar-refractivity contribution in [3.05, 3.63) is 58.3 Å². The number of anilines is 1. The van der Waals surface area contributed by atoms with E-state index in [2.05, 4.69) is 35.1 Å². The molecule has 2 aromatic rings. The van der Waals surface area contributed by atoms with Gasteiger partial charge in [0.15, 0.2) is 0 Å². The van der Waals surface area contributed by atoms with Crippen LogP contribution in [0.15, 0.2) is 46.9 Å². The Bertz CT molecular complexity index is 671. The molecule has 0 unspecified atom stereocenters. The summed E-state index contributed by atoms with van der Waals surface area (Å²) in [6, 6.07) is 11.0. The van der Waals surface area contributed by atoms with Crippen LogP contribution in [0.25, 0.3) is 0 Å². The SMILES string of the molecule is CC(C)CCOc1ccc(Br)cc1C(=O)Nc1ccc(F)cc1. The second-order valence-corrected chi connectivity index (χ2v) is 6.55. The number of halogens is 2. The minimum Gasteiger partial charge on any atom is -0.493 e. The van der Waals surface area contributed by atoms with E-state index in [0.29, 0.717) is 29.5 Å². The highest BCUT2D eigenvalue weighted by Crippen LogP contribution is 2.25. The average molecular weight is 380 g/mol. The molecule has 1 amide bonds. The maximum atomic E-state index is 12.9. The fraction of sp³-hybridized carbons (Fsp3) is 0.278. The zero-order valence-corrected chi connectivity index (χ0v) is 14.7. The van der Waals surface area contributed by atoms with Gasteiger partial charge in [-0.25, -0.2) is 4.39 Å². The summed E-state index contributed by atoms with van der Waals surface area (Å²) >= 11 is 3.37. The average Bonchev–Trinajstić information content (AvgIpc) is 2.50.